The van der Waals surface area contributed by atoms with Crippen molar-refractivity contribution in [3.8, 4) is 0 Å². The van der Waals surface area contributed by atoms with Gasteiger partial charge >= 0.3 is 0 Å². The van der Waals surface area contributed by atoms with Crippen molar-refractivity contribution < 1.29 is 0 Å². The highest BCUT2D eigenvalue weighted by Crippen LogP contribution is 2.12. The first-order valence-electron chi connectivity index (χ1n) is 6.15. The molecule has 0 aromatic heterocycles. The van der Waals surface area contributed by atoms with Crippen molar-refractivity contribution in [3.05, 3.63) is 66.2 Å². The van der Waals surface area contributed by atoms with Crippen molar-refractivity contribution in [2.45, 2.75) is 12.6 Å². The standard InChI is InChI=1S/2C7H8Cl2Si/c1-10(8,9)7-5-3-2-4-6-7;8-10(9)6-7-4-2-1-3-5-7/h2-6H,1H3;1-5,10H,6H2. The minimum absolute atomic E-state index is 0.865. The van der Waals surface area contributed by atoms with Crippen molar-refractivity contribution >= 4 is 63.6 Å². The number of rotatable bonds is 3. The van der Waals surface area contributed by atoms with Crippen molar-refractivity contribution in [1.29, 1.82) is 0 Å². The maximum absolute atomic E-state index is 5.96. The molecule has 0 aliphatic carbocycles. The molecule has 2 aromatic rings. The van der Waals surface area contributed by atoms with Crippen LogP contribution in [0.5, 0.6) is 0 Å². The fourth-order valence-electron chi connectivity index (χ4n) is 1.52. The molecule has 0 bridgehead atoms. The van der Waals surface area contributed by atoms with E-state index in [0.29, 0.717) is 0 Å². The zero-order valence-electron chi connectivity index (χ0n) is 11.1. The molecule has 0 radical (unpaired) electrons. The van der Waals surface area contributed by atoms with Crippen LogP contribution in [0.3, 0.4) is 0 Å². The Hall–Kier alpha value is 0.0338. The minimum Gasteiger partial charge on any atom is -0.150 e. The highest BCUT2D eigenvalue weighted by atomic mass is 35.7. The Labute approximate surface area is 142 Å². The van der Waals surface area contributed by atoms with E-state index in [1.165, 1.54) is 5.56 Å². The predicted octanol–water partition coefficient (Wildman–Crippen LogP) is 4.91. The smallest absolute Gasteiger partial charge is 0.150 e. The van der Waals surface area contributed by atoms with Crippen LogP contribution in [0.2, 0.25) is 6.55 Å². The van der Waals surface area contributed by atoms with E-state index >= 15 is 0 Å². The van der Waals surface area contributed by atoms with Gasteiger partial charge in [-0.1, -0.05) is 60.7 Å². The fraction of sp³-hybridized carbons (Fsp3) is 0.143. The third-order valence-electron chi connectivity index (χ3n) is 2.51. The van der Waals surface area contributed by atoms with E-state index in [4.69, 9.17) is 44.3 Å². The second-order valence-corrected chi connectivity index (χ2v) is 16.8. The molecule has 6 heteroatoms. The quantitative estimate of drug-likeness (QED) is 0.523. The van der Waals surface area contributed by atoms with Crippen LogP contribution in [0.1, 0.15) is 5.56 Å². The molecule has 0 nitrogen and oxygen atoms in total. The maximum atomic E-state index is 5.96. The summed E-state index contributed by atoms with van der Waals surface area (Å²) in [5, 5.41) is 1.07. The lowest BCUT2D eigenvalue weighted by atomic mass is 10.2. The monoisotopic (exact) mass is 380 g/mol. The molecule has 0 unspecified atom stereocenters. The first kappa shape index (κ1) is 18.1. The zero-order valence-corrected chi connectivity index (χ0v) is 16.2. The lowest BCUT2D eigenvalue weighted by Gasteiger charge is -2.08. The SMILES string of the molecule is C[Si](Cl)(Cl)c1ccccc1.Cl[SiH](Cl)Cc1ccccc1. The van der Waals surface area contributed by atoms with Gasteiger partial charge in [0.15, 0.2) is 0 Å². The average molecular weight is 382 g/mol. The van der Waals surface area contributed by atoms with E-state index in [2.05, 4.69) is 0 Å². The van der Waals surface area contributed by atoms with Gasteiger partial charge in [0, 0.05) is 0 Å². The number of benzene rings is 2. The second-order valence-electron chi connectivity index (χ2n) is 4.34. The van der Waals surface area contributed by atoms with Crippen LogP contribution in [0.4, 0.5) is 0 Å². The van der Waals surface area contributed by atoms with Gasteiger partial charge in [-0.15, -0.1) is 44.3 Å². The van der Waals surface area contributed by atoms with Gasteiger partial charge in [-0.05, 0) is 23.3 Å². The molecule has 0 aliphatic rings. The molecule has 0 N–H and O–H groups in total. The van der Waals surface area contributed by atoms with Gasteiger partial charge < -0.3 is 0 Å². The molecule has 0 spiro atoms. The maximum Gasteiger partial charge on any atom is 0.277 e. The summed E-state index contributed by atoms with van der Waals surface area (Å²) in [5.41, 5.74) is 1.24. The summed E-state index contributed by atoms with van der Waals surface area (Å²) in [6, 6.07) is 20.7. The van der Waals surface area contributed by atoms with Gasteiger partial charge in [0.1, 0.15) is 0 Å². The summed E-state index contributed by atoms with van der Waals surface area (Å²) < 4.78 is 0. The first-order chi connectivity index (χ1) is 9.39. The molecule has 0 saturated carbocycles. The second kappa shape index (κ2) is 9.13. The van der Waals surface area contributed by atoms with Crippen molar-refractivity contribution in [2.24, 2.45) is 0 Å². The topological polar surface area (TPSA) is 0 Å². The van der Waals surface area contributed by atoms with Crippen LogP contribution in [-0.4, -0.2) is 14.1 Å². The Kier molecular flexibility index (Phi) is 8.26. The summed E-state index contributed by atoms with van der Waals surface area (Å²) in [6.07, 6.45) is 0. The summed E-state index contributed by atoms with van der Waals surface area (Å²) in [4.78, 5) is 0. The summed E-state index contributed by atoms with van der Waals surface area (Å²) in [5.74, 6) is 0. The van der Waals surface area contributed by atoms with Crippen LogP contribution in [0.15, 0.2) is 60.7 Å². The van der Waals surface area contributed by atoms with Crippen molar-refractivity contribution in [1.82, 2.24) is 0 Å². The van der Waals surface area contributed by atoms with E-state index < -0.39 is 14.1 Å². The van der Waals surface area contributed by atoms with E-state index in [-0.39, 0.29) is 0 Å². The molecule has 2 rings (SSSR count). The lowest BCUT2D eigenvalue weighted by molar-refractivity contribution is 1.39. The average Bonchev–Trinajstić information content (AvgIpc) is 2.40. The van der Waals surface area contributed by atoms with Gasteiger partial charge in [-0.25, -0.2) is 0 Å². The van der Waals surface area contributed by atoms with E-state index in [1.807, 2.05) is 67.2 Å². The number of halogens is 4. The molecule has 108 valence electrons. The molecule has 0 atom stereocenters. The third kappa shape index (κ3) is 7.72. The van der Waals surface area contributed by atoms with Crippen LogP contribution in [0.25, 0.3) is 0 Å². The molecule has 0 heterocycles. The van der Waals surface area contributed by atoms with Gasteiger partial charge in [-0.3, -0.25) is 0 Å². The molecule has 0 amide bonds. The van der Waals surface area contributed by atoms with Gasteiger partial charge in [0.2, 0.25) is 7.42 Å². The number of hydrogen-bond donors (Lipinski definition) is 0. The van der Waals surface area contributed by atoms with Crippen LogP contribution in [0, 0.1) is 0 Å². The van der Waals surface area contributed by atoms with E-state index in [0.717, 1.165) is 11.2 Å². The van der Waals surface area contributed by atoms with Crippen molar-refractivity contribution in [2.75, 3.05) is 0 Å². The molecule has 0 fully saturated rings. The normalized spacial score (nSPS) is 10.9. The van der Waals surface area contributed by atoms with Gasteiger partial charge in [-0.2, -0.15) is 0 Å². The lowest BCUT2D eigenvalue weighted by Crippen LogP contribution is -2.31. The Bertz CT molecular complexity index is 484. The van der Waals surface area contributed by atoms with Crippen LogP contribution < -0.4 is 5.19 Å². The number of hydrogen-bond acceptors (Lipinski definition) is 0. The van der Waals surface area contributed by atoms with Crippen LogP contribution in [-0.2, 0) is 6.04 Å². The van der Waals surface area contributed by atoms with E-state index in [9.17, 15) is 0 Å². The Morgan fingerprint density at radius 1 is 0.850 bits per heavy atom. The minimum atomic E-state index is -2.09. The molecule has 2 aromatic carbocycles. The summed E-state index contributed by atoms with van der Waals surface area (Å²) >= 11 is 23.4. The highest BCUT2D eigenvalue weighted by molar-refractivity contribution is 7.50. The largest absolute Gasteiger partial charge is 0.277 e. The molecule has 0 aliphatic heterocycles. The predicted molar refractivity (Wildman–Crippen MR) is 98.4 cm³/mol. The summed E-state index contributed by atoms with van der Waals surface area (Å²) in [6.45, 7) is -0.195. The zero-order chi connectivity index (χ0) is 15.0. The molecule has 0 saturated heterocycles. The Morgan fingerprint density at radius 2 is 1.30 bits per heavy atom. The Morgan fingerprint density at radius 3 is 1.65 bits per heavy atom. The third-order valence-corrected chi connectivity index (χ3v) is 6.88. The molecular weight excluding hydrogens is 366 g/mol. The molecule has 20 heavy (non-hydrogen) atoms. The van der Waals surface area contributed by atoms with Crippen LogP contribution >= 0.6 is 44.3 Å². The molecular formula is C14H16Cl4Si2. The summed E-state index contributed by atoms with van der Waals surface area (Å²) in [7, 11) is -1.45. The van der Waals surface area contributed by atoms with Gasteiger partial charge in [0.25, 0.3) is 6.69 Å². The van der Waals surface area contributed by atoms with E-state index in [1.54, 1.807) is 0 Å². The first-order valence-corrected chi connectivity index (χ1v) is 15.0. The fourth-order valence-corrected chi connectivity index (χ4v) is 4.75. The van der Waals surface area contributed by atoms with Gasteiger partial charge in [0.05, 0.1) is 0 Å². The highest BCUT2D eigenvalue weighted by Gasteiger charge is 2.22. The Balaban J connectivity index is 0.000000200. The van der Waals surface area contributed by atoms with Crippen molar-refractivity contribution in [3.63, 3.8) is 0 Å².